The maximum absolute atomic E-state index is 12.0. The molecule has 0 aliphatic carbocycles. The average molecular weight is 309 g/mol. The van der Waals surface area contributed by atoms with Gasteiger partial charge in [0.25, 0.3) is 0 Å². The Morgan fingerprint density at radius 1 is 1.24 bits per heavy atom. The van der Waals surface area contributed by atoms with E-state index in [1.54, 1.807) is 18.2 Å². The molecule has 1 aromatic heterocycles. The molecule has 0 saturated heterocycles. The number of sulfonamides is 1. The van der Waals surface area contributed by atoms with Gasteiger partial charge in [0.1, 0.15) is 10.6 Å². The van der Waals surface area contributed by atoms with E-state index in [9.17, 15) is 23.6 Å². The number of nitrogens with one attached hydrogen (secondary N) is 1. The normalized spacial score (nSPS) is 11.2. The van der Waals surface area contributed by atoms with E-state index in [0.29, 0.717) is 5.56 Å². The minimum atomic E-state index is -3.86. The molecular weight excluding hydrogens is 298 g/mol. The van der Waals surface area contributed by atoms with Crippen molar-refractivity contribution in [2.24, 2.45) is 0 Å². The molecule has 8 nitrogen and oxygen atoms in total. The summed E-state index contributed by atoms with van der Waals surface area (Å²) in [5.41, 5.74) is 0.413. The Morgan fingerprint density at radius 3 is 2.52 bits per heavy atom. The molecule has 1 aromatic carbocycles. The van der Waals surface area contributed by atoms with Gasteiger partial charge in [-0.1, -0.05) is 18.2 Å². The Labute approximate surface area is 120 Å². The highest BCUT2D eigenvalue weighted by molar-refractivity contribution is 7.89. The molecule has 0 aliphatic heterocycles. The number of nitrogens with zero attached hydrogens (tertiary/aromatic N) is 2. The lowest BCUT2D eigenvalue weighted by Gasteiger charge is -2.07. The van der Waals surface area contributed by atoms with Crippen molar-refractivity contribution in [3.8, 4) is 5.75 Å². The van der Waals surface area contributed by atoms with Crippen LogP contribution in [0.15, 0.2) is 47.5 Å². The van der Waals surface area contributed by atoms with Gasteiger partial charge in [0, 0.05) is 18.2 Å². The van der Waals surface area contributed by atoms with Gasteiger partial charge in [-0.05, 0) is 22.0 Å². The predicted octanol–water partition coefficient (Wildman–Crippen LogP) is 1.17. The van der Waals surface area contributed by atoms with E-state index in [0.717, 1.165) is 18.3 Å². The number of phenolic OH excluding ortho intramolecular Hbond substituents is 1. The standard InChI is InChI=1S/C12H11N3O5S/c16-11-4-2-1-3-9(11)7-14-21(19,20)10-5-6-12(13-8-10)15(17)18/h1-6,8,14,16H,7H2. The van der Waals surface area contributed by atoms with Gasteiger partial charge in [0.2, 0.25) is 10.0 Å². The van der Waals surface area contributed by atoms with Gasteiger partial charge in [-0.15, -0.1) is 0 Å². The van der Waals surface area contributed by atoms with Crippen LogP contribution in [0.25, 0.3) is 0 Å². The van der Waals surface area contributed by atoms with E-state index in [1.165, 1.54) is 6.07 Å². The first-order valence-electron chi connectivity index (χ1n) is 5.77. The first-order valence-corrected chi connectivity index (χ1v) is 7.25. The summed E-state index contributed by atoms with van der Waals surface area (Å²) in [5, 5.41) is 20.0. The van der Waals surface area contributed by atoms with Crippen molar-refractivity contribution in [3.05, 3.63) is 58.3 Å². The fraction of sp³-hybridized carbons (Fsp3) is 0.0833. The summed E-state index contributed by atoms with van der Waals surface area (Å²) in [7, 11) is -3.86. The van der Waals surface area contributed by atoms with Gasteiger partial charge in [-0.3, -0.25) is 0 Å². The zero-order valence-corrected chi connectivity index (χ0v) is 11.4. The highest BCUT2D eigenvalue weighted by atomic mass is 32.2. The number of aromatic nitrogens is 1. The Hall–Kier alpha value is -2.52. The highest BCUT2D eigenvalue weighted by Gasteiger charge is 2.18. The number of hydrogen-bond acceptors (Lipinski definition) is 6. The van der Waals surface area contributed by atoms with Crippen LogP contribution < -0.4 is 4.72 Å². The minimum Gasteiger partial charge on any atom is -0.508 e. The summed E-state index contributed by atoms with van der Waals surface area (Å²) in [6, 6.07) is 8.40. The second kappa shape index (κ2) is 5.85. The fourth-order valence-corrected chi connectivity index (χ4v) is 2.51. The number of para-hydroxylation sites is 1. The molecule has 0 amide bonds. The van der Waals surface area contributed by atoms with Crippen molar-refractivity contribution in [1.29, 1.82) is 0 Å². The molecule has 0 aliphatic rings. The molecule has 21 heavy (non-hydrogen) atoms. The Bertz CT molecular complexity index is 759. The molecule has 2 N–H and O–H groups in total. The van der Waals surface area contributed by atoms with Crippen LogP contribution in [0.3, 0.4) is 0 Å². The van der Waals surface area contributed by atoms with Gasteiger partial charge in [0.05, 0.1) is 0 Å². The Morgan fingerprint density at radius 2 is 1.95 bits per heavy atom. The fourth-order valence-electron chi connectivity index (χ4n) is 1.56. The lowest BCUT2D eigenvalue weighted by Crippen LogP contribution is -2.23. The van der Waals surface area contributed by atoms with Crippen LogP contribution in [0, 0.1) is 10.1 Å². The van der Waals surface area contributed by atoms with Gasteiger partial charge < -0.3 is 15.2 Å². The SMILES string of the molecule is O=[N+]([O-])c1ccc(S(=O)(=O)NCc2ccccc2O)cn1. The average Bonchev–Trinajstić information content (AvgIpc) is 2.46. The summed E-state index contributed by atoms with van der Waals surface area (Å²) < 4.78 is 26.3. The van der Waals surface area contributed by atoms with Gasteiger partial charge in [0.15, 0.2) is 6.20 Å². The van der Waals surface area contributed by atoms with Gasteiger partial charge in [-0.25, -0.2) is 13.1 Å². The number of rotatable bonds is 5. The summed E-state index contributed by atoms with van der Waals surface area (Å²) in [6.07, 6.45) is 0.908. The van der Waals surface area contributed by atoms with Crippen molar-refractivity contribution in [1.82, 2.24) is 9.71 Å². The largest absolute Gasteiger partial charge is 0.508 e. The van der Waals surface area contributed by atoms with E-state index >= 15 is 0 Å². The molecular formula is C12H11N3O5S. The first-order chi connectivity index (χ1) is 9.90. The maximum Gasteiger partial charge on any atom is 0.363 e. The number of hydrogen-bond donors (Lipinski definition) is 2. The van der Waals surface area contributed by atoms with Crippen LogP contribution in [0.2, 0.25) is 0 Å². The molecule has 0 fully saturated rings. The predicted molar refractivity (Wildman–Crippen MR) is 73.0 cm³/mol. The third-order valence-electron chi connectivity index (χ3n) is 2.66. The summed E-state index contributed by atoms with van der Waals surface area (Å²) in [4.78, 5) is 13.0. The number of nitro groups is 1. The monoisotopic (exact) mass is 309 g/mol. The minimum absolute atomic E-state index is 0.0259. The van der Waals surface area contributed by atoms with E-state index in [4.69, 9.17) is 0 Å². The topological polar surface area (TPSA) is 122 Å². The maximum atomic E-state index is 12.0. The molecule has 9 heteroatoms. The van der Waals surface area contributed by atoms with E-state index in [2.05, 4.69) is 9.71 Å². The molecule has 0 saturated carbocycles. The van der Waals surface area contributed by atoms with Crippen molar-refractivity contribution in [3.63, 3.8) is 0 Å². The molecule has 2 rings (SSSR count). The lowest BCUT2D eigenvalue weighted by molar-refractivity contribution is -0.389. The first kappa shape index (κ1) is 14.9. The Balaban J connectivity index is 2.15. The van der Waals surface area contributed by atoms with Crippen molar-refractivity contribution in [2.75, 3.05) is 0 Å². The van der Waals surface area contributed by atoms with Crippen LogP contribution in [0.1, 0.15) is 5.56 Å². The van der Waals surface area contributed by atoms with Crippen LogP contribution in [0.4, 0.5) is 5.82 Å². The second-order valence-electron chi connectivity index (χ2n) is 4.06. The number of pyridine rings is 1. The van der Waals surface area contributed by atoms with Crippen LogP contribution in [-0.2, 0) is 16.6 Å². The lowest BCUT2D eigenvalue weighted by atomic mass is 10.2. The third kappa shape index (κ3) is 3.52. The van der Waals surface area contributed by atoms with Crippen molar-refractivity contribution in [2.45, 2.75) is 11.4 Å². The molecule has 0 spiro atoms. The van der Waals surface area contributed by atoms with E-state index in [-0.39, 0.29) is 17.2 Å². The highest BCUT2D eigenvalue weighted by Crippen LogP contribution is 2.17. The van der Waals surface area contributed by atoms with Crippen LogP contribution in [0.5, 0.6) is 5.75 Å². The number of phenols is 1. The Kier molecular flexibility index (Phi) is 4.15. The molecule has 0 bridgehead atoms. The third-order valence-corrected chi connectivity index (χ3v) is 4.05. The zero-order chi connectivity index (χ0) is 15.5. The van der Waals surface area contributed by atoms with Crippen molar-refractivity contribution < 1.29 is 18.4 Å². The summed E-state index contributed by atoms with van der Waals surface area (Å²) >= 11 is 0. The molecule has 0 atom stereocenters. The van der Waals surface area contributed by atoms with Crippen molar-refractivity contribution >= 4 is 15.8 Å². The molecule has 1 heterocycles. The quantitative estimate of drug-likeness (QED) is 0.631. The number of benzene rings is 1. The van der Waals surface area contributed by atoms with Gasteiger partial charge in [-0.2, -0.15) is 0 Å². The van der Waals surface area contributed by atoms with Gasteiger partial charge >= 0.3 is 5.82 Å². The summed E-state index contributed by atoms with van der Waals surface area (Å²) in [6.45, 7) is -0.105. The number of aromatic hydroxyl groups is 1. The smallest absolute Gasteiger partial charge is 0.363 e. The second-order valence-corrected chi connectivity index (χ2v) is 5.83. The van der Waals surface area contributed by atoms with Crippen LogP contribution >= 0.6 is 0 Å². The van der Waals surface area contributed by atoms with E-state index in [1.807, 2.05) is 0 Å². The van der Waals surface area contributed by atoms with Crippen LogP contribution in [-0.4, -0.2) is 23.4 Å². The molecule has 0 unspecified atom stereocenters. The zero-order valence-electron chi connectivity index (χ0n) is 10.6. The molecule has 2 aromatic rings. The summed E-state index contributed by atoms with van der Waals surface area (Å²) in [5.74, 6) is -0.461. The molecule has 110 valence electrons. The van der Waals surface area contributed by atoms with E-state index < -0.39 is 20.8 Å². The molecule has 0 radical (unpaired) electrons.